The van der Waals surface area contributed by atoms with Crippen LogP contribution in [0.1, 0.15) is 15.9 Å². The molecule has 0 radical (unpaired) electrons. The minimum atomic E-state index is -0.368. The van der Waals surface area contributed by atoms with E-state index in [-0.39, 0.29) is 11.0 Å². The lowest BCUT2D eigenvalue weighted by Gasteiger charge is -2.31. The number of benzene rings is 2. The molecule has 27 heavy (non-hydrogen) atoms. The second-order valence-corrected chi connectivity index (χ2v) is 7.35. The summed E-state index contributed by atoms with van der Waals surface area (Å²) in [4.78, 5) is 14.6. The Labute approximate surface area is 173 Å². The topological polar surface area (TPSA) is 53.6 Å². The Morgan fingerprint density at radius 1 is 1.15 bits per heavy atom. The van der Waals surface area contributed by atoms with Crippen LogP contribution in [-0.4, -0.2) is 37.3 Å². The molecule has 0 saturated carbocycles. The third-order valence-corrected chi connectivity index (χ3v) is 4.98. The van der Waals surface area contributed by atoms with Gasteiger partial charge < -0.3 is 15.0 Å². The number of morpholine rings is 1. The number of halogens is 2. The van der Waals surface area contributed by atoms with Gasteiger partial charge >= 0.3 is 0 Å². The number of thiocarbonyl (C=S) groups is 1. The van der Waals surface area contributed by atoms with E-state index in [1.54, 1.807) is 12.1 Å². The minimum Gasteiger partial charge on any atom is -0.378 e. The molecule has 2 N–H and O–H groups in total. The van der Waals surface area contributed by atoms with Crippen LogP contribution in [0, 0.1) is 6.92 Å². The monoisotopic (exact) mass is 423 g/mol. The number of hydrogen-bond acceptors (Lipinski definition) is 4. The molecule has 1 amide bonds. The Balaban J connectivity index is 1.74. The summed E-state index contributed by atoms with van der Waals surface area (Å²) in [5.74, 6) is -0.368. The number of hydrogen-bond donors (Lipinski definition) is 2. The molecule has 0 spiro atoms. The van der Waals surface area contributed by atoms with Gasteiger partial charge in [0.25, 0.3) is 5.91 Å². The Morgan fingerprint density at radius 3 is 2.59 bits per heavy atom. The minimum absolute atomic E-state index is 0.174. The van der Waals surface area contributed by atoms with Gasteiger partial charge in [-0.15, -0.1) is 0 Å². The number of carbonyl (C=O) groups is 1. The molecule has 3 rings (SSSR count). The van der Waals surface area contributed by atoms with Crippen LogP contribution in [0.15, 0.2) is 36.4 Å². The molecule has 0 aliphatic carbocycles. The van der Waals surface area contributed by atoms with Crippen LogP contribution in [-0.2, 0) is 4.74 Å². The first-order valence-electron chi connectivity index (χ1n) is 8.45. The van der Waals surface area contributed by atoms with Gasteiger partial charge in [-0.25, -0.2) is 0 Å². The predicted molar refractivity (Wildman–Crippen MR) is 114 cm³/mol. The largest absolute Gasteiger partial charge is 0.378 e. The smallest absolute Gasteiger partial charge is 0.258 e. The van der Waals surface area contributed by atoms with Crippen LogP contribution in [0.5, 0.6) is 0 Å². The number of anilines is 2. The number of ether oxygens (including phenoxy) is 1. The summed E-state index contributed by atoms with van der Waals surface area (Å²) < 4.78 is 5.40. The highest BCUT2D eigenvalue weighted by Crippen LogP contribution is 2.34. The first-order valence-corrected chi connectivity index (χ1v) is 9.62. The summed E-state index contributed by atoms with van der Waals surface area (Å²) in [6.45, 7) is 4.65. The van der Waals surface area contributed by atoms with Gasteiger partial charge in [0.1, 0.15) is 0 Å². The third-order valence-electron chi connectivity index (χ3n) is 4.16. The highest BCUT2D eigenvalue weighted by Gasteiger charge is 2.19. The van der Waals surface area contributed by atoms with Crippen molar-refractivity contribution in [2.75, 3.05) is 36.5 Å². The first-order chi connectivity index (χ1) is 13.0. The molecule has 142 valence electrons. The maximum atomic E-state index is 12.5. The zero-order valence-electron chi connectivity index (χ0n) is 14.7. The molecule has 0 unspecified atom stereocenters. The zero-order valence-corrected chi connectivity index (χ0v) is 17.0. The molecule has 0 bridgehead atoms. The van der Waals surface area contributed by atoms with Gasteiger partial charge in [0, 0.05) is 13.1 Å². The van der Waals surface area contributed by atoms with Crippen molar-refractivity contribution in [1.82, 2.24) is 5.32 Å². The fourth-order valence-electron chi connectivity index (χ4n) is 2.85. The number of amides is 1. The van der Waals surface area contributed by atoms with Crippen molar-refractivity contribution < 1.29 is 9.53 Å². The SMILES string of the molecule is Cc1ccc(C(=O)NC(=S)Nc2cccc(Cl)c2N2CCOCC2)c(Cl)c1. The van der Waals surface area contributed by atoms with E-state index in [9.17, 15) is 4.79 Å². The summed E-state index contributed by atoms with van der Waals surface area (Å²) in [6, 6.07) is 10.8. The van der Waals surface area contributed by atoms with Crippen LogP contribution in [0.3, 0.4) is 0 Å². The normalized spacial score (nSPS) is 14.0. The first kappa shape index (κ1) is 19.9. The lowest BCUT2D eigenvalue weighted by atomic mass is 10.1. The highest BCUT2D eigenvalue weighted by atomic mass is 35.5. The van der Waals surface area contributed by atoms with E-state index in [0.29, 0.717) is 28.8 Å². The Kier molecular flexibility index (Phi) is 6.55. The highest BCUT2D eigenvalue weighted by molar-refractivity contribution is 7.80. The molecule has 1 fully saturated rings. The van der Waals surface area contributed by atoms with E-state index >= 15 is 0 Å². The second kappa shape index (κ2) is 8.89. The molecule has 1 saturated heterocycles. The predicted octanol–water partition coefficient (Wildman–Crippen LogP) is 4.27. The van der Waals surface area contributed by atoms with Crippen LogP contribution in [0.2, 0.25) is 10.0 Å². The standard InChI is InChI=1S/C19H19Cl2N3O2S/c1-12-5-6-13(15(21)11-12)18(25)23-19(27)22-16-4-2-3-14(20)17(16)24-7-9-26-10-8-24/h2-6,11H,7-10H2,1H3,(H2,22,23,25,27). The summed E-state index contributed by atoms with van der Waals surface area (Å²) in [5.41, 5.74) is 2.91. The van der Waals surface area contributed by atoms with Crippen molar-refractivity contribution in [3.8, 4) is 0 Å². The van der Waals surface area contributed by atoms with Crippen molar-refractivity contribution in [3.05, 3.63) is 57.6 Å². The fourth-order valence-corrected chi connectivity index (χ4v) is 3.67. The summed E-state index contributed by atoms with van der Waals surface area (Å²) in [5, 5.41) is 6.90. The van der Waals surface area contributed by atoms with Crippen molar-refractivity contribution in [2.24, 2.45) is 0 Å². The number of para-hydroxylation sites is 1. The van der Waals surface area contributed by atoms with Gasteiger partial charge in [-0.1, -0.05) is 35.3 Å². The van der Waals surface area contributed by atoms with Crippen molar-refractivity contribution in [1.29, 1.82) is 0 Å². The third kappa shape index (κ3) is 4.90. The Morgan fingerprint density at radius 2 is 1.89 bits per heavy atom. The van der Waals surface area contributed by atoms with E-state index in [2.05, 4.69) is 15.5 Å². The van der Waals surface area contributed by atoms with Gasteiger partial charge in [-0.05, 0) is 49.0 Å². The average molecular weight is 424 g/mol. The molecule has 8 heteroatoms. The van der Waals surface area contributed by atoms with Crippen molar-refractivity contribution in [2.45, 2.75) is 6.92 Å². The summed E-state index contributed by atoms with van der Waals surface area (Å²) in [6.07, 6.45) is 0. The maximum Gasteiger partial charge on any atom is 0.258 e. The molecular weight excluding hydrogens is 405 g/mol. The van der Waals surface area contributed by atoms with E-state index in [1.165, 1.54) is 0 Å². The molecule has 1 aliphatic rings. The Bertz CT molecular complexity index is 870. The van der Waals surface area contributed by atoms with Crippen molar-refractivity contribution >= 4 is 57.8 Å². The van der Waals surface area contributed by atoms with Gasteiger partial charge in [0.2, 0.25) is 0 Å². The quantitative estimate of drug-likeness (QED) is 0.721. The van der Waals surface area contributed by atoms with Crippen LogP contribution in [0.4, 0.5) is 11.4 Å². The van der Waals surface area contributed by atoms with Gasteiger partial charge in [0.05, 0.1) is 40.2 Å². The van der Waals surface area contributed by atoms with E-state index in [0.717, 1.165) is 30.0 Å². The van der Waals surface area contributed by atoms with Gasteiger partial charge in [0.15, 0.2) is 5.11 Å². The number of carbonyl (C=O) groups excluding carboxylic acids is 1. The van der Waals surface area contributed by atoms with Crippen LogP contribution < -0.4 is 15.5 Å². The van der Waals surface area contributed by atoms with Crippen LogP contribution >= 0.6 is 35.4 Å². The van der Waals surface area contributed by atoms with E-state index in [4.69, 9.17) is 40.2 Å². The molecular formula is C19H19Cl2N3O2S. The van der Waals surface area contributed by atoms with Crippen molar-refractivity contribution in [3.63, 3.8) is 0 Å². The molecule has 1 heterocycles. The Hall–Kier alpha value is -1.86. The molecule has 0 atom stereocenters. The summed E-state index contributed by atoms with van der Waals surface area (Å²) in [7, 11) is 0. The molecule has 5 nitrogen and oxygen atoms in total. The maximum absolute atomic E-state index is 12.5. The second-order valence-electron chi connectivity index (χ2n) is 6.13. The number of rotatable bonds is 3. The molecule has 1 aliphatic heterocycles. The fraction of sp³-hybridized carbons (Fsp3) is 0.263. The number of nitrogens with one attached hydrogen (secondary N) is 2. The van der Waals surface area contributed by atoms with Gasteiger partial charge in [-0.2, -0.15) is 0 Å². The lowest BCUT2D eigenvalue weighted by molar-refractivity contribution is 0.0978. The van der Waals surface area contributed by atoms with Gasteiger partial charge in [-0.3, -0.25) is 10.1 Å². The lowest BCUT2D eigenvalue weighted by Crippen LogP contribution is -2.38. The average Bonchev–Trinajstić information content (AvgIpc) is 2.62. The molecule has 2 aromatic carbocycles. The number of nitrogens with zero attached hydrogens (tertiary/aromatic N) is 1. The van der Waals surface area contributed by atoms with Crippen LogP contribution in [0.25, 0.3) is 0 Å². The van der Waals surface area contributed by atoms with E-state index in [1.807, 2.05) is 31.2 Å². The van der Waals surface area contributed by atoms with E-state index < -0.39 is 0 Å². The molecule has 0 aromatic heterocycles. The zero-order chi connectivity index (χ0) is 19.4. The number of aryl methyl sites for hydroxylation is 1. The molecule has 2 aromatic rings. The summed E-state index contributed by atoms with van der Waals surface area (Å²) >= 11 is 17.9.